The van der Waals surface area contributed by atoms with E-state index in [1.54, 1.807) is 24.8 Å². The van der Waals surface area contributed by atoms with Crippen LogP contribution >= 0.6 is 11.6 Å². The number of benzene rings is 1. The van der Waals surface area contributed by atoms with Gasteiger partial charge in [-0.05, 0) is 42.0 Å². The maximum Gasteiger partial charge on any atom is 0.191 e. The Hall–Kier alpha value is -3.57. The topological polar surface area (TPSA) is 71.5 Å². The van der Waals surface area contributed by atoms with Gasteiger partial charge >= 0.3 is 0 Å². The van der Waals surface area contributed by atoms with Crippen molar-refractivity contribution in [1.29, 1.82) is 0 Å². The molecule has 0 bridgehead atoms. The van der Waals surface area contributed by atoms with Crippen LogP contribution in [0.25, 0.3) is 44.3 Å². The lowest BCUT2D eigenvalue weighted by molar-refractivity contribution is 1.26. The van der Waals surface area contributed by atoms with E-state index in [1.807, 2.05) is 42.5 Å². The van der Waals surface area contributed by atoms with Crippen molar-refractivity contribution in [3.8, 4) is 22.4 Å². The van der Waals surface area contributed by atoms with Crippen LogP contribution in [0.3, 0.4) is 0 Å². The minimum absolute atomic E-state index is 0.0891. The van der Waals surface area contributed by atoms with Crippen LogP contribution in [-0.4, -0.2) is 19.9 Å². The van der Waals surface area contributed by atoms with Gasteiger partial charge in [-0.15, -0.1) is 0 Å². The molecule has 4 aromatic heterocycles. The van der Waals surface area contributed by atoms with Gasteiger partial charge in [-0.2, -0.15) is 0 Å². The lowest BCUT2D eigenvalue weighted by atomic mass is 9.97. The SMILES string of the molecule is O=c1cc[nH]c2nc(-c3cccnc3)c(-c3cc(Cl)c4ncccc4c3)cc12. The molecule has 6 heteroatoms. The lowest BCUT2D eigenvalue weighted by Crippen LogP contribution is -2.03. The van der Waals surface area contributed by atoms with Crippen LogP contribution < -0.4 is 5.43 Å². The smallest absolute Gasteiger partial charge is 0.191 e. The van der Waals surface area contributed by atoms with E-state index < -0.39 is 0 Å². The van der Waals surface area contributed by atoms with Crippen molar-refractivity contribution in [3.05, 3.63) is 88.6 Å². The summed E-state index contributed by atoms with van der Waals surface area (Å²) in [5, 5.41) is 1.99. The van der Waals surface area contributed by atoms with Crippen molar-refractivity contribution in [3.63, 3.8) is 0 Å². The standard InChI is InChI=1S/C22H13ClN4O/c23-18-10-15(9-13-3-2-7-25-21(13)18)16-11-17-19(28)5-8-26-22(17)27-20(16)14-4-1-6-24-12-14/h1-12H,(H,26,27,28). The fourth-order valence-corrected chi connectivity index (χ4v) is 3.62. The number of aromatic amines is 1. The number of fused-ring (bicyclic) bond motifs is 2. The molecule has 0 aliphatic rings. The van der Waals surface area contributed by atoms with Crippen molar-refractivity contribution in [1.82, 2.24) is 19.9 Å². The Morgan fingerprint density at radius 1 is 0.964 bits per heavy atom. The zero-order valence-electron chi connectivity index (χ0n) is 14.6. The lowest BCUT2D eigenvalue weighted by Gasteiger charge is -2.12. The van der Waals surface area contributed by atoms with E-state index in [1.165, 1.54) is 6.07 Å². The molecule has 5 nitrogen and oxygen atoms in total. The summed E-state index contributed by atoms with van der Waals surface area (Å²) in [7, 11) is 0. The second kappa shape index (κ2) is 6.55. The molecule has 5 aromatic rings. The predicted molar refractivity (Wildman–Crippen MR) is 111 cm³/mol. The molecule has 1 aromatic carbocycles. The Bertz CT molecular complexity index is 1400. The van der Waals surface area contributed by atoms with Crippen LogP contribution in [0.1, 0.15) is 0 Å². The van der Waals surface area contributed by atoms with Crippen molar-refractivity contribution in [2.75, 3.05) is 0 Å². The summed E-state index contributed by atoms with van der Waals surface area (Å²) in [5.74, 6) is 0. The summed E-state index contributed by atoms with van der Waals surface area (Å²) in [6.07, 6.45) is 6.78. The molecule has 0 spiro atoms. The number of hydrogen-bond acceptors (Lipinski definition) is 4. The third-order valence-electron chi connectivity index (χ3n) is 4.65. The van der Waals surface area contributed by atoms with E-state index in [2.05, 4.69) is 15.0 Å². The Morgan fingerprint density at radius 2 is 1.86 bits per heavy atom. The van der Waals surface area contributed by atoms with E-state index in [0.29, 0.717) is 16.1 Å². The van der Waals surface area contributed by atoms with Gasteiger partial charge in [0, 0.05) is 47.4 Å². The zero-order chi connectivity index (χ0) is 19.1. The molecule has 28 heavy (non-hydrogen) atoms. The average Bonchev–Trinajstić information content (AvgIpc) is 2.74. The number of H-pyrrole nitrogens is 1. The maximum absolute atomic E-state index is 12.4. The summed E-state index contributed by atoms with van der Waals surface area (Å²) in [6, 6.07) is 14.8. The van der Waals surface area contributed by atoms with E-state index in [9.17, 15) is 4.79 Å². The highest BCUT2D eigenvalue weighted by molar-refractivity contribution is 6.35. The highest BCUT2D eigenvalue weighted by Crippen LogP contribution is 2.35. The van der Waals surface area contributed by atoms with Crippen molar-refractivity contribution in [2.45, 2.75) is 0 Å². The Morgan fingerprint density at radius 3 is 2.71 bits per heavy atom. The minimum Gasteiger partial charge on any atom is -0.346 e. The van der Waals surface area contributed by atoms with Crippen LogP contribution in [0.5, 0.6) is 0 Å². The number of nitrogens with one attached hydrogen (secondary N) is 1. The van der Waals surface area contributed by atoms with Crippen molar-refractivity contribution in [2.24, 2.45) is 0 Å². The van der Waals surface area contributed by atoms with E-state index in [4.69, 9.17) is 16.6 Å². The fraction of sp³-hybridized carbons (Fsp3) is 0. The van der Waals surface area contributed by atoms with Crippen LogP contribution in [0.15, 0.2) is 78.1 Å². The second-order valence-electron chi connectivity index (χ2n) is 6.40. The van der Waals surface area contributed by atoms with Gasteiger partial charge in [-0.3, -0.25) is 14.8 Å². The Balaban J connectivity index is 1.88. The first-order chi connectivity index (χ1) is 13.7. The van der Waals surface area contributed by atoms with E-state index in [0.717, 1.165) is 33.3 Å². The first-order valence-electron chi connectivity index (χ1n) is 8.68. The largest absolute Gasteiger partial charge is 0.346 e. The summed E-state index contributed by atoms with van der Waals surface area (Å²) < 4.78 is 0. The number of aromatic nitrogens is 4. The average molecular weight is 385 g/mol. The van der Waals surface area contributed by atoms with Gasteiger partial charge in [-0.25, -0.2) is 4.98 Å². The van der Waals surface area contributed by atoms with Crippen LogP contribution in [0.4, 0.5) is 0 Å². The van der Waals surface area contributed by atoms with Gasteiger partial charge in [0.25, 0.3) is 0 Å². The number of hydrogen-bond donors (Lipinski definition) is 1. The summed E-state index contributed by atoms with van der Waals surface area (Å²) >= 11 is 6.50. The quantitative estimate of drug-likeness (QED) is 0.472. The number of halogens is 1. The molecule has 0 radical (unpaired) electrons. The summed E-state index contributed by atoms with van der Waals surface area (Å²) in [6.45, 7) is 0. The van der Waals surface area contributed by atoms with Gasteiger partial charge in [0.1, 0.15) is 5.65 Å². The normalized spacial score (nSPS) is 11.2. The number of rotatable bonds is 2. The number of pyridine rings is 4. The molecule has 0 unspecified atom stereocenters. The predicted octanol–water partition coefficient (Wildman–Crippen LogP) is 4.85. The molecule has 0 aliphatic heterocycles. The molecule has 0 saturated heterocycles. The van der Waals surface area contributed by atoms with Gasteiger partial charge in [0.05, 0.1) is 21.6 Å². The molecule has 134 valence electrons. The monoisotopic (exact) mass is 384 g/mol. The number of nitrogens with zero attached hydrogens (tertiary/aromatic N) is 3. The molecule has 0 aliphatic carbocycles. The molecule has 5 rings (SSSR count). The van der Waals surface area contributed by atoms with Crippen molar-refractivity contribution >= 4 is 33.5 Å². The van der Waals surface area contributed by atoms with Gasteiger partial charge in [-0.1, -0.05) is 17.7 Å². The third-order valence-corrected chi connectivity index (χ3v) is 4.94. The molecule has 0 amide bonds. The van der Waals surface area contributed by atoms with Crippen LogP contribution in [0, 0.1) is 0 Å². The molecule has 1 N–H and O–H groups in total. The maximum atomic E-state index is 12.4. The molecule has 0 atom stereocenters. The molecule has 0 saturated carbocycles. The molecular weight excluding hydrogens is 372 g/mol. The minimum atomic E-state index is -0.0891. The molecule has 0 fully saturated rings. The first kappa shape index (κ1) is 16.6. The van der Waals surface area contributed by atoms with Crippen molar-refractivity contribution < 1.29 is 0 Å². The molecule has 4 heterocycles. The summed E-state index contributed by atoms with van der Waals surface area (Å²) in [4.78, 5) is 28.7. The first-order valence-corrected chi connectivity index (χ1v) is 9.06. The van der Waals surface area contributed by atoms with E-state index >= 15 is 0 Å². The van der Waals surface area contributed by atoms with Gasteiger partial charge in [0.2, 0.25) is 0 Å². The highest BCUT2D eigenvalue weighted by atomic mass is 35.5. The summed E-state index contributed by atoms with van der Waals surface area (Å²) in [5.41, 5.74) is 4.43. The van der Waals surface area contributed by atoms with Gasteiger partial charge < -0.3 is 4.98 Å². The van der Waals surface area contributed by atoms with Gasteiger partial charge in [0.15, 0.2) is 5.43 Å². The zero-order valence-corrected chi connectivity index (χ0v) is 15.3. The molecular formula is C22H13ClN4O. The highest BCUT2D eigenvalue weighted by Gasteiger charge is 2.15. The Labute approximate surface area is 164 Å². The third kappa shape index (κ3) is 2.73. The Kier molecular flexibility index (Phi) is 3.88. The van der Waals surface area contributed by atoms with E-state index in [-0.39, 0.29) is 5.43 Å². The van der Waals surface area contributed by atoms with Crippen LogP contribution in [-0.2, 0) is 0 Å². The van der Waals surface area contributed by atoms with Crippen LogP contribution in [0.2, 0.25) is 5.02 Å². The fourth-order valence-electron chi connectivity index (χ4n) is 3.34. The second-order valence-corrected chi connectivity index (χ2v) is 6.80.